The molecule has 2 heterocycles. The second-order valence-corrected chi connectivity index (χ2v) is 7.92. The summed E-state index contributed by atoms with van der Waals surface area (Å²) in [7, 11) is 1.68. The minimum Gasteiger partial charge on any atom is -0.469 e. The molecule has 0 radical (unpaired) electrons. The number of hydrogen-bond acceptors (Lipinski definition) is 4. The van der Waals surface area contributed by atoms with Crippen molar-refractivity contribution >= 4 is 28.8 Å². The summed E-state index contributed by atoms with van der Waals surface area (Å²) in [4.78, 5) is 4.41. The third kappa shape index (κ3) is 4.66. The van der Waals surface area contributed by atoms with E-state index in [1.165, 1.54) is 12.1 Å². The van der Waals surface area contributed by atoms with Crippen LogP contribution in [0.25, 0.3) is 5.65 Å². The average molecular weight is 460 g/mol. The van der Waals surface area contributed by atoms with Gasteiger partial charge in [-0.1, -0.05) is 47.5 Å². The van der Waals surface area contributed by atoms with Crippen molar-refractivity contribution in [1.82, 2.24) is 14.6 Å². The van der Waals surface area contributed by atoms with Crippen LogP contribution in [-0.2, 0) is 17.8 Å². The summed E-state index contributed by atoms with van der Waals surface area (Å²) in [6.07, 6.45) is 1.85. The number of methoxy groups -OCH3 is 1. The van der Waals surface area contributed by atoms with Crippen molar-refractivity contribution in [2.45, 2.75) is 26.1 Å². The first-order valence-corrected chi connectivity index (χ1v) is 10.4. The van der Waals surface area contributed by atoms with E-state index in [-0.39, 0.29) is 5.02 Å². The Labute approximate surface area is 189 Å². The van der Waals surface area contributed by atoms with Crippen LogP contribution < -0.4 is 4.74 Å². The summed E-state index contributed by atoms with van der Waals surface area (Å²) in [5, 5.41) is 4.84. The minimum atomic E-state index is -0.596. The Bertz CT molecular complexity index is 1210. The van der Waals surface area contributed by atoms with Gasteiger partial charge in [0.15, 0.2) is 5.65 Å². The molecular formula is C23H20Cl2FN3O2. The van der Waals surface area contributed by atoms with Crippen molar-refractivity contribution in [3.05, 3.63) is 93.0 Å². The van der Waals surface area contributed by atoms with Crippen LogP contribution >= 0.6 is 23.2 Å². The van der Waals surface area contributed by atoms with Gasteiger partial charge in [0, 0.05) is 30.2 Å². The highest BCUT2D eigenvalue weighted by Gasteiger charge is 2.19. The third-order valence-electron chi connectivity index (χ3n) is 4.91. The van der Waals surface area contributed by atoms with E-state index in [0.717, 1.165) is 16.8 Å². The fraction of sp³-hybridized carbons (Fsp3) is 0.217. The smallest absolute Gasteiger partial charge is 0.232 e. The molecule has 0 spiro atoms. The zero-order chi connectivity index (χ0) is 22.0. The molecule has 4 aromatic rings. The maximum absolute atomic E-state index is 13.9. The van der Waals surface area contributed by atoms with Crippen LogP contribution in [0.1, 0.15) is 35.4 Å². The van der Waals surface area contributed by atoms with Gasteiger partial charge in [-0.3, -0.25) is 0 Å². The Kier molecular flexibility index (Phi) is 6.41. The summed E-state index contributed by atoms with van der Waals surface area (Å²) >= 11 is 12.3. The molecule has 0 aliphatic rings. The Balaban J connectivity index is 1.58. The topological polar surface area (TPSA) is 48.7 Å². The fourth-order valence-electron chi connectivity index (χ4n) is 3.37. The summed E-state index contributed by atoms with van der Waals surface area (Å²) in [6.45, 7) is 2.32. The number of fused-ring (bicyclic) bond motifs is 1. The van der Waals surface area contributed by atoms with E-state index in [2.05, 4.69) is 22.2 Å². The zero-order valence-corrected chi connectivity index (χ0v) is 18.5. The van der Waals surface area contributed by atoms with E-state index < -0.39 is 11.9 Å². The molecular weight excluding hydrogens is 440 g/mol. The van der Waals surface area contributed by atoms with Gasteiger partial charge in [0.25, 0.3) is 0 Å². The molecule has 0 saturated carbocycles. The van der Waals surface area contributed by atoms with E-state index in [1.54, 1.807) is 30.8 Å². The van der Waals surface area contributed by atoms with E-state index >= 15 is 0 Å². The van der Waals surface area contributed by atoms with E-state index in [1.807, 2.05) is 18.2 Å². The lowest BCUT2D eigenvalue weighted by atomic mass is 10.1. The molecule has 2 aromatic heterocycles. The molecule has 8 heteroatoms. The van der Waals surface area contributed by atoms with Crippen LogP contribution in [-0.4, -0.2) is 21.7 Å². The van der Waals surface area contributed by atoms with Crippen LogP contribution in [0.15, 0.2) is 54.7 Å². The van der Waals surface area contributed by atoms with Crippen LogP contribution in [0.4, 0.5) is 4.39 Å². The molecule has 4 rings (SSSR count). The second kappa shape index (κ2) is 9.22. The molecule has 1 atom stereocenters. The maximum atomic E-state index is 13.9. The average Bonchev–Trinajstić information content (AvgIpc) is 3.15. The first-order valence-electron chi connectivity index (χ1n) is 9.66. The van der Waals surface area contributed by atoms with Crippen molar-refractivity contribution in [2.24, 2.45) is 0 Å². The highest BCUT2D eigenvalue weighted by molar-refractivity contribution is 6.36. The third-order valence-corrected chi connectivity index (χ3v) is 5.62. The molecule has 1 unspecified atom stereocenters. The molecule has 0 amide bonds. The quantitative estimate of drug-likeness (QED) is 0.315. The number of nitrogens with zero attached hydrogens (tertiary/aromatic N) is 3. The van der Waals surface area contributed by atoms with Gasteiger partial charge < -0.3 is 9.47 Å². The van der Waals surface area contributed by atoms with Gasteiger partial charge in [0.1, 0.15) is 11.9 Å². The SMILES string of the molecule is COCc1ccc(Cc2cnc3ccc(OC(C)c4c(Cl)ccc(F)c4Cl)nn23)cc1. The number of hydrogen-bond donors (Lipinski definition) is 0. The van der Waals surface area contributed by atoms with Crippen LogP contribution in [0.3, 0.4) is 0 Å². The number of imidazole rings is 1. The number of aromatic nitrogens is 3. The minimum absolute atomic E-state index is 0.0543. The molecule has 5 nitrogen and oxygen atoms in total. The number of benzene rings is 2. The van der Waals surface area contributed by atoms with Crippen molar-refractivity contribution in [1.29, 1.82) is 0 Å². The van der Waals surface area contributed by atoms with Gasteiger partial charge in [-0.25, -0.2) is 13.9 Å². The molecule has 160 valence electrons. The summed E-state index contributed by atoms with van der Waals surface area (Å²) < 4.78 is 26.7. The molecule has 0 saturated heterocycles. The molecule has 2 aromatic carbocycles. The second-order valence-electron chi connectivity index (χ2n) is 7.13. The first kappa shape index (κ1) is 21.6. The van der Waals surface area contributed by atoms with Crippen molar-refractivity contribution in [3.63, 3.8) is 0 Å². The predicted octanol–water partition coefficient (Wildman–Crippen LogP) is 6.05. The van der Waals surface area contributed by atoms with Gasteiger partial charge in [-0.2, -0.15) is 0 Å². The lowest BCUT2D eigenvalue weighted by Gasteiger charge is -2.17. The van der Waals surface area contributed by atoms with E-state index in [0.29, 0.717) is 35.1 Å². The fourth-order valence-corrected chi connectivity index (χ4v) is 4.05. The van der Waals surface area contributed by atoms with Gasteiger partial charge in [-0.05, 0) is 36.2 Å². The molecule has 0 fully saturated rings. The largest absolute Gasteiger partial charge is 0.469 e. The highest BCUT2D eigenvalue weighted by atomic mass is 35.5. The van der Waals surface area contributed by atoms with Crippen molar-refractivity contribution < 1.29 is 13.9 Å². The monoisotopic (exact) mass is 459 g/mol. The van der Waals surface area contributed by atoms with Crippen molar-refractivity contribution in [2.75, 3.05) is 7.11 Å². The number of halogens is 3. The summed E-state index contributed by atoms with van der Waals surface area (Å²) in [5.74, 6) is -0.195. The van der Waals surface area contributed by atoms with Crippen molar-refractivity contribution in [3.8, 4) is 5.88 Å². The normalized spacial score (nSPS) is 12.3. The van der Waals surface area contributed by atoms with E-state index in [9.17, 15) is 4.39 Å². The Hall–Kier alpha value is -2.67. The van der Waals surface area contributed by atoms with Crippen LogP contribution in [0, 0.1) is 5.82 Å². The maximum Gasteiger partial charge on any atom is 0.232 e. The predicted molar refractivity (Wildman–Crippen MR) is 118 cm³/mol. The molecule has 0 N–H and O–H groups in total. The molecule has 31 heavy (non-hydrogen) atoms. The molecule has 0 bridgehead atoms. The summed E-state index contributed by atoms with van der Waals surface area (Å²) in [5.41, 5.74) is 4.23. The van der Waals surface area contributed by atoms with Gasteiger partial charge in [-0.15, -0.1) is 5.10 Å². The molecule has 0 aliphatic heterocycles. The highest BCUT2D eigenvalue weighted by Crippen LogP contribution is 2.34. The summed E-state index contributed by atoms with van der Waals surface area (Å²) in [6, 6.07) is 14.4. The zero-order valence-electron chi connectivity index (χ0n) is 17.0. The Morgan fingerprint density at radius 3 is 2.52 bits per heavy atom. The van der Waals surface area contributed by atoms with Crippen LogP contribution in [0.5, 0.6) is 5.88 Å². The first-order chi connectivity index (χ1) is 15.0. The van der Waals surface area contributed by atoms with Gasteiger partial charge in [0.05, 0.1) is 23.5 Å². The van der Waals surface area contributed by atoms with Gasteiger partial charge >= 0.3 is 0 Å². The lowest BCUT2D eigenvalue weighted by Crippen LogP contribution is -2.09. The standard InChI is InChI=1S/C23H20Cl2FN3O2/c1-14(22-18(24)7-8-19(26)23(22)25)31-21-10-9-20-27-12-17(29(20)28-21)11-15-3-5-16(6-4-15)13-30-2/h3-10,12,14H,11,13H2,1-2H3. The Morgan fingerprint density at radius 1 is 1.03 bits per heavy atom. The Morgan fingerprint density at radius 2 is 1.77 bits per heavy atom. The van der Waals surface area contributed by atoms with E-state index in [4.69, 9.17) is 32.7 Å². The lowest BCUT2D eigenvalue weighted by molar-refractivity contribution is 0.185. The van der Waals surface area contributed by atoms with Crippen LogP contribution in [0.2, 0.25) is 10.0 Å². The number of ether oxygens (including phenoxy) is 2. The molecule has 0 aliphatic carbocycles. The van der Waals surface area contributed by atoms with Gasteiger partial charge in [0.2, 0.25) is 5.88 Å². The number of rotatable bonds is 7.